The van der Waals surface area contributed by atoms with Crippen molar-refractivity contribution >= 4 is 35.3 Å². The zero-order valence-corrected chi connectivity index (χ0v) is 31.9. The minimum Gasteiger partial charge on any atom is -0.486 e. The maximum atomic E-state index is 8.94. The first-order valence-electron chi connectivity index (χ1n) is 22.8. The van der Waals surface area contributed by atoms with Gasteiger partial charge in [-0.25, -0.2) is 4.98 Å². The average molecular weight is 885 g/mol. The third-order valence-corrected chi connectivity index (χ3v) is 10.5. The van der Waals surface area contributed by atoms with Gasteiger partial charge in [-0.3, -0.25) is 0 Å². The Morgan fingerprint density at radius 1 is 0.712 bits per heavy atom. The Morgan fingerprint density at radius 3 is 2.27 bits per heavy atom. The van der Waals surface area contributed by atoms with Gasteiger partial charge in [0.15, 0.2) is 0 Å². The van der Waals surface area contributed by atoms with Crippen molar-refractivity contribution in [2.24, 2.45) is 0 Å². The predicted molar refractivity (Wildman–Crippen MR) is 215 cm³/mol. The van der Waals surface area contributed by atoms with E-state index in [1.165, 1.54) is 35.5 Å². The molecule has 0 spiro atoms. The Labute approximate surface area is 339 Å². The molecule has 0 N–H and O–H groups in total. The van der Waals surface area contributed by atoms with Gasteiger partial charge in [-0.05, 0) is 82.6 Å². The quantitative estimate of drug-likeness (QED) is 0.128. The van der Waals surface area contributed by atoms with Gasteiger partial charge in [-0.1, -0.05) is 104 Å². The first-order chi connectivity index (χ1) is 29.8. The van der Waals surface area contributed by atoms with Crippen molar-refractivity contribution in [2.45, 2.75) is 47.0 Å². The number of nitrogens with zero attached hydrogens (tertiary/aromatic N) is 3. The van der Waals surface area contributed by atoms with Crippen LogP contribution < -0.4 is 5.19 Å². The molecule has 8 aromatic rings. The number of fused-ring (bicyclic) bond motifs is 3. The summed E-state index contributed by atoms with van der Waals surface area (Å²) >= 11 is 0. The second-order valence-corrected chi connectivity index (χ2v) is 18.2. The molecule has 0 fully saturated rings. The van der Waals surface area contributed by atoms with E-state index >= 15 is 0 Å². The van der Waals surface area contributed by atoms with E-state index < -0.39 is 35.5 Å². The van der Waals surface area contributed by atoms with Crippen LogP contribution in [0.2, 0.25) is 19.6 Å². The number of benzene rings is 4. The van der Waals surface area contributed by atoms with E-state index in [1.54, 1.807) is 54.6 Å². The van der Waals surface area contributed by atoms with Crippen LogP contribution in [0.1, 0.15) is 40.2 Å². The van der Waals surface area contributed by atoms with Crippen molar-refractivity contribution in [3.05, 3.63) is 156 Å². The molecule has 0 atom stereocenters. The van der Waals surface area contributed by atoms with Crippen LogP contribution in [0.15, 0.2) is 126 Å². The number of aromatic nitrogens is 3. The van der Waals surface area contributed by atoms with Gasteiger partial charge < -0.3 is 14.4 Å². The molecule has 0 saturated carbocycles. The molecule has 0 amide bonds. The van der Waals surface area contributed by atoms with Crippen LogP contribution in [-0.2, 0) is 20.1 Å². The van der Waals surface area contributed by atoms with Gasteiger partial charge in [-0.15, -0.1) is 53.6 Å². The number of pyridine rings is 3. The second-order valence-electron chi connectivity index (χ2n) is 13.1. The first-order valence-corrected chi connectivity index (χ1v) is 19.8. The van der Waals surface area contributed by atoms with Gasteiger partial charge >= 0.3 is 0 Å². The van der Waals surface area contributed by atoms with Crippen molar-refractivity contribution in [2.75, 3.05) is 0 Å². The number of hydrogen-bond acceptors (Lipinski definition) is 4. The van der Waals surface area contributed by atoms with E-state index in [4.69, 9.17) is 22.2 Å². The second kappa shape index (κ2) is 15.3. The zero-order valence-electron chi connectivity index (χ0n) is 41.6. The number of aryl methyl sites for hydroxylation is 4. The smallest absolute Gasteiger partial charge is 0.216 e. The van der Waals surface area contributed by atoms with Crippen molar-refractivity contribution in [1.82, 2.24) is 15.0 Å². The standard InChI is InChI=1S/C31H23N2O.C15H18NSi.Ir/c1-19-16-23(22-8-5-4-6-9-22)13-15-24(19)28-17-29(32-18-20(28)2)27-11-7-10-25-26-14-12-21(3)33-31(26)34-30(25)27;1-12-5-7-13(8-6-12)15-10-9-14(11-16-15)17(2,3)4;/h4-10,12-18H,1-3H3;5-7,9-11H,1-4H3;/q2*-1;/i1D3,2D3,3D3,15D;1D3;. The number of hydrogen-bond donors (Lipinski definition) is 0. The third kappa shape index (κ3) is 7.75. The molecule has 4 aromatic heterocycles. The fourth-order valence-corrected chi connectivity index (χ4v) is 6.74. The largest absolute Gasteiger partial charge is 0.486 e. The molecule has 0 aliphatic heterocycles. The van der Waals surface area contributed by atoms with E-state index in [-0.39, 0.29) is 65.5 Å². The molecule has 4 heterocycles. The summed E-state index contributed by atoms with van der Waals surface area (Å²) in [5.74, 6) is 0. The Kier molecular flexibility index (Phi) is 6.93. The Bertz CT molecular complexity index is 2920. The molecule has 6 heteroatoms. The van der Waals surface area contributed by atoms with E-state index in [2.05, 4.69) is 52.8 Å². The SMILES string of the molecule is [2H]C([2H])([2H])c1c[c-]c(-c2ccc([Si](C)(C)C)cn2)cc1.[2H]c1cc(-c2ccccc2)cc(C([2H])([2H])[2H])c1-c1cc(-c2[c-]ccc3c2oc2nc(C([2H])([2H])[2H])ccc23)ncc1C([2H])([2H])[2H].[Ir]. The predicted octanol–water partition coefficient (Wildman–Crippen LogP) is 11.5. The van der Waals surface area contributed by atoms with Gasteiger partial charge in [0.1, 0.15) is 0 Å². The number of furan rings is 1. The van der Waals surface area contributed by atoms with Crippen molar-refractivity contribution in [1.29, 1.82) is 0 Å². The van der Waals surface area contributed by atoms with Crippen molar-refractivity contribution < 1.29 is 42.3 Å². The van der Waals surface area contributed by atoms with Gasteiger partial charge in [-0.2, -0.15) is 0 Å². The fourth-order valence-electron chi connectivity index (χ4n) is 5.71. The van der Waals surface area contributed by atoms with Crippen molar-refractivity contribution in [3.8, 4) is 44.8 Å². The Morgan fingerprint density at radius 2 is 1.56 bits per heavy atom. The Balaban J connectivity index is 0.000000280. The van der Waals surface area contributed by atoms with Gasteiger partial charge in [0.2, 0.25) is 5.71 Å². The summed E-state index contributed by atoms with van der Waals surface area (Å²) in [6.07, 6.45) is 3.08. The molecule has 4 nitrogen and oxygen atoms in total. The molecule has 0 saturated heterocycles. The Hall–Kier alpha value is -5.00. The molecule has 4 aromatic carbocycles. The molecule has 261 valence electrons. The van der Waals surface area contributed by atoms with Crippen LogP contribution in [0, 0.1) is 39.5 Å². The third-order valence-electron chi connectivity index (χ3n) is 8.49. The molecule has 1 radical (unpaired) electrons. The molecule has 0 aliphatic rings. The minimum absolute atomic E-state index is 0. The summed E-state index contributed by atoms with van der Waals surface area (Å²) in [6.45, 7) is -3.04. The average Bonchev–Trinajstić information content (AvgIpc) is 3.61. The molecule has 0 unspecified atom stereocenters. The van der Waals surface area contributed by atoms with E-state index in [0.717, 1.165) is 17.5 Å². The van der Waals surface area contributed by atoms with Crippen LogP contribution >= 0.6 is 0 Å². The monoisotopic (exact) mass is 885 g/mol. The van der Waals surface area contributed by atoms with Crippen LogP contribution in [-0.4, -0.2) is 23.0 Å². The van der Waals surface area contributed by atoms with E-state index in [0.29, 0.717) is 38.6 Å². The molecular weight excluding hydrogens is 831 g/mol. The topological polar surface area (TPSA) is 51.8 Å². The van der Waals surface area contributed by atoms with Crippen molar-refractivity contribution in [3.63, 3.8) is 0 Å². The summed E-state index contributed by atoms with van der Waals surface area (Å²) < 4.78 is 110. The maximum absolute atomic E-state index is 8.94. The maximum Gasteiger partial charge on any atom is 0.216 e. The summed E-state index contributed by atoms with van der Waals surface area (Å²) in [4.78, 5) is 13.1. The molecule has 52 heavy (non-hydrogen) atoms. The van der Waals surface area contributed by atoms with Gasteiger partial charge in [0, 0.05) is 60.0 Å². The fraction of sp³-hybridized carbons (Fsp3) is 0.152. The van der Waals surface area contributed by atoms with E-state index in [1.807, 2.05) is 18.3 Å². The molecule has 0 aliphatic carbocycles. The summed E-state index contributed by atoms with van der Waals surface area (Å²) in [5, 5.41) is 2.48. The molecule has 0 bridgehead atoms. The summed E-state index contributed by atoms with van der Waals surface area (Å²) in [6, 6.07) is 34.8. The minimum atomic E-state index is -2.68. The molecule has 8 rings (SSSR count). The first kappa shape index (κ1) is 23.5. The summed E-state index contributed by atoms with van der Waals surface area (Å²) in [7, 11) is -1.34. The molecular formula is C46H41IrN3OSi-2. The number of rotatable bonds is 5. The van der Waals surface area contributed by atoms with Crippen LogP contribution in [0.3, 0.4) is 0 Å². The van der Waals surface area contributed by atoms with Gasteiger partial charge in [0.05, 0.1) is 15.0 Å². The van der Waals surface area contributed by atoms with Gasteiger partial charge in [0.25, 0.3) is 0 Å². The summed E-state index contributed by atoms with van der Waals surface area (Å²) in [5.41, 5.74) is 3.59. The van der Waals surface area contributed by atoms with E-state index in [9.17, 15) is 0 Å². The zero-order chi connectivity index (χ0) is 46.6. The van der Waals surface area contributed by atoms with Crippen LogP contribution in [0.4, 0.5) is 0 Å². The van der Waals surface area contributed by atoms with Crippen LogP contribution in [0.25, 0.3) is 66.8 Å². The normalized spacial score (nSPS) is 15.9. The van der Waals surface area contributed by atoms with Crippen LogP contribution in [0.5, 0.6) is 0 Å².